The third-order valence-corrected chi connectivity index (χ3v) is 2.40. The number of nitrogen functional groups attached to an aromatic ring is 1. The number of nitrogens with two attached hydrogens (primary N) is 1. The van der Waals surface area contributed by atoms with E-state index < -0.39 is 5.60 Å². The molecule has 0 atom stereocenters. The fraction of sp³-hybridized carbons (Fsp3) is 0.500. The van der Waals surface area contributed by atoms with Crippen LogP contribution in [0, 0.1) is 0 Å². The number of alkyl halides is 1. The average Bonchev–Trinajstić information content (AvgIpc) is 2.19. The smallest absolute Gasteiger partial charge is 0.340 e. The van der Waals surface area contributed by atoms with Gasteiger partial charge in [-0.05, 0) is 38.8 Å². The van der Waals surface area contributed by atoms with E-state index in [-0.39, 0.29) is 5.97 Å². The van der Waals surface area contributed by atoms with Gasteiger partial charge in [0.15, 0.2) is 0 Å². The summed E-state index contributed by atoms with van der Waals surface area (Å²) in [6.45, 7) is 5.49. The van der Waals surface area contributed by atoms with E-state index in [1.165, 1.54) is 6.20 Å². The van der Waals surface area contributed by atoms with Crippen LogP contribution in [0.1, 0.15) is 36.7 Å². The molecule has 0 aliphatic heterocycles. The van der Waals surface area contributed by atoms with E-state index in [0.717, 1.165) is 17.3 Å². The molecule has 0 saturated carbocycles. The number of halogens is 1. The standard InChI is InChI=1S/C12H17BrN2O2/c1-12(2,3)17-11(16)9-6-8(4-5-13)10(14)15-7-9/h6-7H,4-5H2,1-3H3,(H2,14,15). The molecule has 4 nitrogen and oxygen atoms in total. The van der Waals surface area contributed by atoms with Crippen LogP contribution >= 0.6 is 15.9 Å². The van der Waals surface area contributed by atoms with Gasteiger partial charge in [0.25, 0.3) is 0 Å². The van der Waals surface area contributed by atoms with Gasteiger partial charge in [-0.1, -0.05) is 15.9 Å². The van der Waals surface area contributed by atoms with Crippen molar-refractivity contribution < 1.29 is 9.53 Å². The second-order valence-corrected chi connectivity index (χ2v) is 5.50. The Balaban J connectivity index is 2.91. The number of pyridine rings is 1. The Kier molecular flexibility index (Phi) is 4.51. The van der Waals surface area contributed by atoms with Crippen molar-refractivity contribution in [2.45, 2.75) is 32.8 Å². The lowest BCUT2D eigenvalue weighted by Crippen LogP contribution is -2.24. The van der Waals surface area contributed by atoms with Crippen LogP contribution in [0.3, 0.4) is 0 Å². The van der Waals surface area contributed by atoms with Crippen molar-refractivity contribution in [1.29, 1.82) is 0 Å². The number of aromatic nitrogens is 1. The number of aryl methyl sites for hydroxylation is 1. The molecule has 1 heterocycles. The molecular formula is C12H17BrN2O2. The first-order valence-electron chi connectivity index (χ1n) is 5.37. The zero-order valence-electron chi connectivity index (χ0n) is 10.3. The van der Waals surface area contributed by atoms with Gasteiger partial charge in [0.05, 0.1) is 5.56 Å². The second kappa shape index (κ2) is 5.49. The summed E-state index contributed by atoms with van der Waals surface area (Å²) in [7, 11) is 0. The maximum Gasteiger partial charge on any atom is 0.340 e. The SMILES string of the molecule is CC(C)(C)OC(=O)c1cnc(N)c(CCBr)c1. The predicted molar refractivity (Wildman–Crippen MR) is 71.3 cm³/mol. The van der Waals surface area contributed by atoms with Gasteiger partial charge in [0, 0.05) is 11.5 Å². The number of carbonyl (C=O) groups is 1. The number of rotatable bonds is 3. The molecule has 1 rings (SSSR count). The number of hydrogen-bond acceptors (Lipinski definition) is 4. The fourth-order valence-corrected chi connectivity index (χ4v) is 1.70. The highest BCUT2D eigenvalue weighted by molar-refractivity contribution is 9.09. The molecule has 0 aliphatic rings. The molecule has 0 aliphatic carbocycles. The molecule has 1 aromatic heterocycles. The van der Waals surface area contributed by atoms with Gasteiger partial charge in [-0.15, -0.1) is 0 Å². The lowest BCUT2D eigenvalue weighted by atomic mass is 10.1. The maximum absolute atomic E-state index is 11.8. The lowest BCUT2D eigenvalue weighted by Gasteiger charge is -2.19. The Morgan fingerprint density at radius 1 is 1.53 bits per heavy atom. The summed E-state index contributed by atoms with van der Waals surface area (Å²) in [5, 5.41) is 0.774. The molecule has 0 fully saturated rings. The number of ether oxygens (including phenoxy) is 1. The summed E-state index contributed by atoms with van der Waals surface area (Å²) in [6, 6.07) is 1.73. The van der Waals surface area contributed by atoms with Gasteiger partial charge in [-0.3, -0.25) is 0 Å². The van der Waals surface area contributed by atoms with E-state index in [1.807, 2.05) is 20.8 Å². The molecule has 0 amide bonds. The van der Waals surface area contributed by atoms with E-state index in [2.05, 4.69) is 20.9 Å². The van der Waals surface area contributed by atoms with E-state index in [1.54, 1.807) is 6.07 Å². The van der Waals surface area contributed by atoms with E-state index >= 15 is 0 Å². The Labute approximate surface area is 110 Å². The summed E-state index contributed by atoms with van der Waals surface area (Å²) in [5.41, 5.74) is 6.50. The molecule has 94 valence electrons. The summed E-state index contributed by atoms with van der Waals surface area (Å²) >= 11 is 3.33. The monoisotopic (exact) mass is 300 g/mol. The number of nitrogens with zero attached hydrogens (tertiary/aromatic N) is 1. The minimum atomic E-state index is -0.506. The van der Waals surface area contributed by atoms with Crippen molar-refractivity contribution in [2.24, 2.45) is 0 Å². The zero-order valence-corrected chi connectivity index (χ0v) is 11.9. The second-order valence-electron chi connectivity index (χ2n) is 4.71. The van der Waals surface area contributed by atoms with Gasteiger partial charge >= 0.3 is 5.97 Å². The van der Waals surface area contributed by atoms with E-state index in [9.17, 15) is 4.79 Å². The molecule has 17 heavy (non-hydrogen) atoms. The van der Waals surface area contributed by atoms with Gasteiger partial charge < -0.3 is 10.5 Å². The van der Waals surface area contributed by atoms with Crippen molar-refractivity contribution in [1.82, 2.24) is 4.98 Å². The quantitative estimate of drug-likeness (QED) is 0.688. The van der Waals surface area contributed by atoms with Gasteiger partial charge in [-0.2, -0.15) is 0 Å². The third-order valence-electron chi connectivity index (χ3n) is 2.00. The van der Waals surface area contributed by atoms with Crippen molar-refractivity contribution >= 4 is 27.7 Å². The zero-order chi connectivity index (χ0) is 13.1. The normalized spacial score (nSPS) is 11.3. The molecule has 2 N–H and O–H groups in total. The van der Waals surface area contributed by atoms with Crippen molar-refractivity contribution in [3.63, 3.8) is 0 Å². The largest absolute Gasteiger partial charge is 0.456 e. The van der Waals surface area contributed by atoms with E-state index in [0.29, 0.717) is 11.4 Å². The predicted octanol–water partition coefficient (Wildman–Crippen LogP) is 2.56. The van der Waals surface area contributed by atoms with Crippen molar-refractivity contribution in [3.05, 3.63) is 23.4 Å². The van der Waals surface area contributed by atoms with Crippen LogP contribution in [0.4, 0.5) is 5.82 Å². The summed E-state index contributed by atoms with van der Waals surface area (Å²) in [6.07, 6.45) is 2.18. The van der Waals surface area contributed by atoms with Crippen LogP contribution < -0.4 is 5.73 Å². The number of esters is 1. The molecule has 0 aromatic carbocycles. The molecule has 5 heteroatoms. The summed E-state index contributed by atoms with van der Waals surface area (Å²) in [4.78, 5) is 15.8. The number of anilines is 1. The van der Waals surface area contributed by atoms with Crippen molar-refractivity contribution in [2.75, 3.05) is 11.1 Å². The molecule has 0 radical (unpaired) electrons. The van der Waals surface area contributed by atoms with Gasteiger partial charge in [0.2, 0.25) is 0 Å². The Bertz CT molecular complexity index is 413. The first-order valence-corrected chi connectivity index (χ1v) is 6.49. The highest BCUT2D eigenvalue weighted by Gasteiger charge is 2.18. The van der Waals surface area contributed by atoms with Crippen LogP contribution in [-0.4, -0.2) is 21.9 Å². The van der Waals surface area contributed by atoms with Crippen LogP contribution in [0.2, 0.25) is 0 Å². The van der Waals surface area contributed by atoms with Gasteiger partial charge in [-0.25, -0.2) is 9.78 Å². The minimum Gasteiger partial charge on any atom is -0.456 e. The Morgan fingerprint density at radius 3 is 2.71 bits per heavy atom. The van der Waals surface area contributed by atoms with E-state index in [4.69, 9.17) is 10.5 Å². The van der Waals surface area contributed by atoms with Gasteiger partial charge in [0.1, 0.15) is 11.4 Å². The molecule has 0 bridgehead atoms. The third kappa shape index (κ3) is 4.34. The van der Waals surface area contributed by atoms with Crippen LogP contribution in [-0.2, 0) is 11.2 Å². The topological polar surface area (TPSA) is 65.2 Å². The van der Waals surface area contributed by atoms with Crippen LogP contribution in [0.5, 0.6) is 0 Å². The highest BCUT2D eigenvalue weighted by Crippen LogP contribution is 2.16. The number of hydrogen-bond donors (Lipinski definition) is 1. The highest BCUT2D eigenvalue weighted by atomic mass is 79.9. The first kappa shape index (κ1) is 14.0. The molecule has 0 spiro atoms. The molecular weight excluding hydrogens is 284 g/mol. The lowest BCUT2D eigenvalue weighted by molar-refractivity contribution is 0.00690. The average molecular weight is 301 g/mol. The molecule has 0 saturated heterocycles. The molecule has 1 aromatic rings. The number of carbonyl (C=O) groups excluding carboxylic acids is 1. The first-order chi connectivity index (χ1) is 7.83. The van der Waals surface area contributed by atoms with Crippen LogP contribution in [0.15, 0.2) is 12.3 Å². The minimum absolute atomic E-state index is 0.374. The Morgan fingerprint density at radius 2 is 2.18 bits per heavy atom. The van der Waals surface area contributed by atoms with Crippen molar-refractivity contribution in [3.8, 4) is 0 Å². The molecule has 0 unspecified atom stereocenters. The summed E-state index contributed by atoms with van der Waals surface area (Å²) < 4.78 is 5.27. The van der Waals surface area contributed by atoms with Crippen LogP contribution in [0.25, 0.3) is 0 Å². The summed E-state index contributed by atoms with van der Waals surface area (Å²) in [5.74, 6) is 0.0811. The maximum atomic E-state index is 11.8. The Hall–Kier alpha value is -1.10. The fourth-order valence-electron chi connectivity index (χ4n) is 1.27.